The zero-order valence-electron chi connectivity index (χ0n) is 18.3. The van der Waals surface area contributed by atoms with Crippen LogP contribution >= 0.6 is 0 Å². The molecular formula is C25H32N2O4. The second-order valence-electron chi connectivity index (χ2n) is 8.13. The number of hydrogen-bond donors (Lipinski definition) is 0. The second-order valence-corrected chi connectivity index (χ2v) is 8.13. The van der Waals surface area contributed by atoms with Crippen LogP contribution in [0.4, 0.5) is 0 Å². The number of carbonyl (C=O) groups excluding carboxylic acids is 1. The van der Waals surface area contributed by atoms with E-state index in [1.165, 1.54) is 0 Å². The molecule has 0 radical (unpaired) electrons. The van der Waals surface area contributed by atoms with Gasteiger partial charge in [-0.15, -0.1) is 0 Å². The molecule has 6 nitrogen and oxygen atoms in total. The minimum absolute atomic E-state index is 0.126. The molecule has 4 rings (SSSR count). The molecule has 2 aromatic carbocycles. The topological polar surface area (TPSA) is 51.2 Å². The summed E-state index contributed by atoms with van der Waals surface area (Å²) in [4.78, 5) is 18.1. The van der Waals surface area contributed by atoms with Gasteiger partial charge in [-0.3, -0.25) is 9.69 Å². The highest BCUT2D eigenvalue weighted by molar-refractivity contribution is 5.83. The monoisotopic (exact) mass is 424 g/mol. The molecule has 0 aromatic heterocycles. The maximum absolute atomic E-state index is 13.6. The van der Waals surface area contributed by atoms with Crippen LogP contribution < -0.4 is 9.47 Å². The van der Waals surface area contributed by atoms with Gasteiger partial charge in [-0.2, -0.15) is 0 Å². The van der Waals surface area contributed by atoms with Crippen molar-refractivity contribution in [1.82, 2.24) is 9.80 Å². The number of ether oxygens (including phenoxy) is 3. The Labute approximate surface area is 184 Å². The summed E-state index contributed by atoms with van der Waals surface area (Å²) in [6.07, 6.45) is 1.73. The lowest BCUT2D eigenvalue weighted by atomic mass is 9.94. The molecular weight excluding hydrogens is 392 g/mol. The number of benzene rings is 2. The maximum atomic E-state index is 13.6. The molecule has 2 aromatic rings. The van der Waals surface area contributed by atoms with Crippen LogP contribution in [0.25, 0.3) is 0 Å². The van der Waals surface area contributed by atoms with Crippen LogP contribution in [0.2, 0.25) is 0 Å². The minimum atomic E-state index is -0.126. The summed E-state index contributed by atoms with van der Waals surface area (Å²) in [5.41, 5.74) is 2.14. The standard InChI is InChI=1S/C25H32N2O4/c1-2-22(21-7-4-3-5-8-21)25(28)27(12-6-11-26-13-15-29-16-14-26)18-20-9-10-23-24(17-20)31-19-30-23/h3-5,7-10,17,22H,2,6,11-16,18-19H2,1H3. The van der Waals surface area contributed by atoms with Crippen molar-refractivity contribution >= 4 is 5.91 Å². The van der Waals surface area contributed by atoms with Gasteiger partial charge in [0.05, 0.1) is 19.1 Å². The minimum Gasteiger partial charge on any atom is -0.454 e. The van der Waals surface area contributed by atoms with Crippen molar-refractivity contribution in [2.45, 2.75) is 32.2 Å². The lowest BCUT2D eigenvalue weighted by Gasteiger charge is -2.30. The highest BCUT2D eigenvalue weighted by Crippen LogP contribution is 2.33. The maximum Gasteiger partial charge on any atom is 0.231 e. The molecule has 1 fully saturated rings. The Bertz CT molecular complexity index is 852. The van der Waals surface area contributed by atoms with E-state index in [9.17, 15) is 4.79 Å². The van der Waals surface area contributed by atoms with Crippen LogP contribution in [0, 0.1) is 0 Å². The van der Waals surface area contributed by atoms with Gasteiger partial charge in [0.15, 0.2) is 11.5 Å². The SMILES string of the molecule is CCC(C(=O)N(CCCN1CCOCC1)Cc1ccc2c(c1)OCO2)c1ccccc1. The summed E-state index contributed by atoms with van der Waals surface area (Å²) >= 11 is 0. The third-order valence-electron chi connectivity index (χ3n) is 6.04. The first kappa shape index (κ1) is 21.7. The highest BCUT2D eigenvalue weighted by Gasteiger charge is 2.25. The van der Waals surface area contributed by atoms with Crippen molar-refractivity contribution in [2.75, 3.05) is 46.2 Å². The molecule has 0 aliphatic carbocycles. The van der Waals surface area contributed by atoms with Gasteiger partial charge in [0.25, 0.3) is 0 Å². The Morgan fingerprint density at radius 1 is 1.06 bits per heavy atom. The predicted molar refractivity (Wildman–Crippen MR) is 119 cm³/mol. The molecule has 166 valence electrons. The van der Waals surface area contributed by atoms with Crippen molar-refractivity contribution in [1.29, 1.82) is 0 Å². The largest absolute Gasteiger partial charge is 0.454 e. The summed E-state index contributed by atoms with van der Waals surface area (Å²) in [5, 5.41) is 0. The van der Waals surface area contributed by atoms with E-state index in [0.29, 0.717) is 6.54 Å². The van der Waals surface area contributed by atoms with E-state index in [1.807, 2.05) is 41.3 Å². The van der Waals surface area contributed by atoms with Gasteiger partial charge in [-0.1, -0.05) is 43.3 Å². The Balaban J connectivity index is 1.47. The zero-order chi connectivity index (χ0) is 21.5. The van der Waals surface area contributed by atoms with Crippen LogP contribution in [0.1, 0.15) is 36.8 Å². The first-order valence-electron chi connectivity index (χ1n) is 11.3. The number of morpholine rings is 1. The molecule has 2 heterocycles. The molecule has 2 aliphatic rings. The van der Waals surface area contributed by atoms with E-state index < -0.39 is 0 Å². The first-order chi connectivity index (χ1) is 15.2. The number of fused-ring (bicyclic) bond motifs is 1. The first-order valence-corrected chi connectivity index (χ1v) is 11.3. The number of carbonyl (C=O) groups is 1. The van der Waals surface area contributed by atoms with E-state index in [0.717, 1.165) is 74.9 Å². The van der Waals surface area contributed by atoms with Gasteiger partial charge in [0, 0.05) is 32.7 Å². The van der Waals surface area contributed by atoms with E-state index in [2.05, 4.69) is 24.0 Å². The van der Waals surface area contributed by atoms with Crippen LogP contribution in [0.5, 0.6) is 11.5 Å². The van der Waals surface area contributed by atoms with Crippen molar-refractivity contribution in [3.8, 4) is 11.5 Å². The second kappa shape index (κ2) is 10.6. The number of nitrogens with zero attached hydrogens (tertiary/aromatic N) is 2. The number of rotatable bonds is 9. The number of amides is 1. The van der Waals surface area contributed by atoms with Crippen LogP contribution in [0.3, 0.4) is 0 Å². The third kappa shape index (κ3) is 5.57. The summed E-state index contributed by atoms with van der Waals surface area (Å²) in [7, 11) is 0. The smallest absolute Gasteiger partial charge is 0.231 e. The van der Waals surface area contributed by atoms with Crippen molar-refractivity contribution in [3.05, 3.63) is 59.7 Å². The average Bonchev–Trinajstić information content (AvgIpc) is 3.28. The Kier molecular flexibility index (Phi) is 7.43. The van der Waals surface area contributed by atoms with Gasteiger partial charge in [-0.25, -0.2) is 0 Å². The Morgan fingerprint density at radius 3 is 2.61 bits per heavy atom. The fourth-order valence-electron chi connectivity index (χ4n) is 4.30. The quantitative estimate of drug-likeness (QED) is 0.615. The van der Waals surface area contributed by atoms with Crippen molar-refractivity contribution < 1.29 is 19.0 Å². The van der Waals surface area contributed by atoms with Gasteiger partial charge in [0.2, 0.25) is 12.7 Å². The summed E-state index contributed by atoms with van der Waals surface area (Å²) in [6, 6.07) is 16.1. The zero-order valence-corrected chi connectivity index (χ0v) is 18.3. The molecule has 31 heavy (non-hydrogen) atoms. The van der Waals surface area contributed by atoms with Crippen LogP contribution in [-0.2, 0) is 16.1 Å². The van der Waals surface area contributed by atoms with Gasteiger partial charge in [0.1, 0.15) is 0 Å². The molecule has 1 atom stereocenters. The lowest BCUT2D eigenvalue weighted by Crippen LogP contribution is -2.40. The van der Waals surface area contributed by atoms with E-state index >= 15 is 0 Å². The molecule has 0 N–H and O–H groups in total. The normalized spacial score (nSPS) is 16.8. The molecule has 1 amide bonds. The highest BCUT2D eigenvalue weighted by atomic mass is 16.7. The molecule has 1 saturated heterocycles. The molecule has 0 bridgehead atoms. The van der Waals surface area contributed by atoms with E-state index in [4.69, 9.17) is 14.2 Å². The van der Waals surface area contributed by atoms with E-state index in [1.54, 1.807) is 0 Å². The summed E-state index contributed by atoms with van der Waals surface area (Å²) < 4.78 is 16.4. The fourth-order valence-corrected chi connectivity index (χ4v) is 4.30. The van der Waals surface area contributed by atoms with Crippen LogP contribution in [-0.4, -0.2) is 61.9 Å². The molecule has 6 heteroatoms. The third-order valence-corrected chi connectivity index (χ3v) is 6.04. The average molecular weight is 425 g/mol. The molecule has 0 saturated carbocycles. The van der Waals surface area contributed by atoms with Crippen molar-refractivity contribution in [2.24, 2.45) is 0 Å². The lowest BCUT2D eigenvalue weighted by molar-refractivity contribution is -0.133. The molecule has 2 aliphatic heterocycles. The Hall–Kier alpha value is -2.57. The fraction of sp³-hybridized carbons (Fsp3) is 0.480. The van der Waals surface area contributed by atoms with Crippen molar-refractivity contribution in [3.63, 3.8) is 0 Å². The predicted octanol–water partition coefficient (Wildman–Crippen LogP) is 3.66. The van der Waals surface area contributed by atoms with E-state index in [-0.39, 0.29) is 18.6 Å². The van der Waals surface area contributed by atoms with Gasteiger partial charge < -0.3 is 19.1 Å². The van der Waals surface area contributed by atoms with Gasteiger partial charge >= 0.3 is 0 Å². The molecule has 0 spiro atoms. The Morgan fingerprint density at radius 2 is 1.84 bits per heavy atom. The molecule has 1 unspecified atom stereocenters. The number of hydrogen-bond acceptors (Lipinski definition) is 5. The summed E-state index contributed by atoms with van der Waals surface area (Å²) in [6.45, 7) is 8.16. The summed E-state index contributed by atoms with van der Waals surface area (Å²) in [5.74, 6) is 1.59. The van der Waals surface area contributed by atoms with Gasteiger partial charge in [-0.05, 0) is 36.1 Å². The van der Waals surface area contributed by atoms with Crippen LogP contribution in [0.15, 0.2) is 48.5 Å².